The van der Waals surface area contributed by atoms with Gasteiger partial charge in [-0.25, -0.2) is 9.38 Å². The highest BCUT2D eigenvalue weighted by Gasteiger charge is 2.48. The molecule has 2 aliphatic rings. The van der Waals surface area contributed by atoms with Crippen LogP contribution in [0.4, 0.5) is 5.95 Å². The van der Waals surface area contributed by atoms with Crippen molar-refractivity contribution in [1.29, 1.82) is 0 Å². The molecule has 1 aliphatic carbocycles. The molecular weight excluding hydrogens is 523 g/mol. The van der Waals surface area contributed by atoms with Gasteiger partial charge < -0.3 is 9.45 Å². The first-order chi connectivity index (χ1) is 16.7. The van der Waals surface area contributed by atoms with E-state index >= 15 is 0 Å². The largest absolute Gasteiger partial charge is 0.598 e. The minimum absolute atomic E-state index is 0.304. The van der Waals surface area contributed by atoms with E-state index in [-0.39, 0.29) is 4.75 Å². The summed E-state index contributed by atoms with van der Waals surface area (Å²) in [6, 6.07) is 5.59. The third-order valence-electron chi connectivity index (χ3n) is 7.83. The standard InChI is InChI=1S/C24H30Cl2N6OS2/c1-23(2,35(27)33)13-16-5-4-8-24(16)9-11-31(12-10-24)22-28-14-19(21-30-29-15-32(21)22)34-18-7-3-6-17(25)20(18)26/h3,6-7,14-16H,4-5,8-13,27H2,1-2H3/t16-,35?/m1/s1. The van der Waals surface area contributed by atoms with E-state index in [1.54, 1.807) is 12.4 Å². The summed E-state index contributed by atoms with van der Waals surface area (Å²) in [5.74, 6) is 1.43. The van der Waals surface area contributed by atoms with Crippen molar-refractivity contribution in [2.24, 2.45) is 16.5 Å². The fourth-order valence-electron chi connectivity index (χ4n) is 5.79. The third-order valence-corrected chi connectivity index (χ3v) is 11.1. The Hall–Kier alpha value is -1.23. The van der Waals surface area contributed by atoms with Gasteiger partial charge in [-0.1, -0.05) is 47.5 Å². The molecule has 11 heteroatoms. The lowest BCUT2D eigenvalue weighted by atomic mass is 9.68. The Labute approximate surface area is 223 Å². The summed E-state index contributed by atoms with van der Waals surface area (Å²) in [4.78, 5) is 8.89. The zero-order chi connectivity index (χ0) is 24.8. The molecule has 188 valence electrons. The minimum Gasteiger partial charge on any atom is -0.598 e. The van der Waals surface area contributed by atoms with Crippen LogP contribution in [-0.4, -0.2) is 42.0 Å². The van der Waals surface area contributed by atoms with Crippen LogP contribution in [0.5, 0.6) is 0 Å². The number of piperidine rings is 1. The predicted molar refractivity (Wildman–Crippen MR) is 144 cm³/mol. The maximum absolute atomic E-state index is 12.1. The number of anilines is 1. The van der Waals surface area contributed by atoms with Crippen LogP contribution >= 0.6 is 35.0 Å². The van der Waals surface area contributed by atoms with E-state index in [0.717, 1.165) is 53.7 Å². The Morgan fingerprint density at radius 3 is 2.74 bits per heavy atom. The van der Waals surface area contributed by atoms with Gasteiger partial charge in [0, 0.05) is 42.0 Å². The predicted octanol–water partition coefficient (Wildman–Crippen LogP) is 5.76. The monoisotopic (exact) mass is 552 g/mol. The molecule has 35 heavy (non-hydrogen) atoms. The van der Waals surface area contributed by atoms with Crippen LogP contribution in [0.25, 0.3) is 5.65 Å². The molecule has 0 radical (unpaired) electrons. The summed E-state index contributed by atoms with van der Waals surface area (Å²) in [5.41, 5.74) is 1.06. The van der Waals surface area contributed by atoms with Gasteiger partial charge in [0.05, 0.1) is 14.9 Å². The van der Waals surface area contributed by atoms with E-state index in [4.69, 9.17) is 33.3 Å². The SMILES string of the molecule is CC(C)(C[C@H]1CCCC12CCN(c1ncc(Sc3cccc(Cl)c3Cl)c3nncn13)CC2)[S+](N)[O-]. The number of nitrogens with zero attached hydrogens (tertiary/aromatic N) is 5. The summed E-state index contributed by atoms with van der Waals surface area (Å²) in [5, 5.41) is 15.4. The van der Waals surface area contributed by atoms with Crippen LogP contribution in [0.3, 0.4) is 0 Å². The van der Waals surface area contributed by atoms with Crippen LogP contribution in [-0.2, 0) is 11.4 Å². The number of benzene rings is 1. The molecule has 2 aromatic heterocycles. The summed E-state index contributed by atoms with van der Waals surface area (Å²) in [6.45, 7) is 5.92. The van der Waals surface area contributed by atoms with E-state index in [2.05, 4.69) is 15.1 Å². The number of nitrogens with two attached hydrogens (primary N) is 1. The van der Waals surface area contributed by atoms with Gasteiger partial charge in [0.25, 0.3) is 0 Å². The summed E-state index contributed by atoms with van der Waals surface area (Å²) in [6.07, 6.45) is 10.4. The molecule has 1 saturated heterocycles. The van der Waals surface area contributed by atoms with E-state index in [1.165, 1.54) is 31.0 Å². The fraction of sp³-hybridized carbons (Fsp3) is 0.542. The lowest BCUT2D eigenvalue weighted by Crippen LogP contribution is -2.46. The normalized spacial score (nSPS) is 21.2. The molecule has 3 aromatic rings. The highest BCUT2D eigenvalue weighted by molar-refractivity contribution is 7.99. The molecule has 2 fully saturated rings. The Balaban J connectivity index is 1.34. The van der Waals surface area contributed by atoms with E-state index < -0.39 is 11.4 Å². The van der Waals surface area contributed by atoms with Gasteiger partial charge in [0.2, 0.25) is 5.95 Å². The number of rotatable bonds is 6. The van der Waals surface area contributed by atoms with Crippen molar-refractivity contribution in [1.82, 2.24) is 19.6 Å². The molecular formula is C24H30Cl2N6OS2. The molecule has 7 nitrogen and oxygen atoms in total. The Morgan fingerprint density at radius 2 is 2.00 bits per heavy atom. The smallest absolute Gasteiger partial charge is 0.212 e. The molecule has 3 heterocycles. The van der Waals surface area contributed by atoms with Crippen molar-refractivity contribution in [3.05, 3.63) is 40.8 Å². The van der Waals surface area contributed by atoms with Crippen molar-refractivity contribution >= 4 is 57.9 Å². The number of aromatic nitrogens is 4. The minimum atomic E-state index is -1.32. The van der Waals surface area contributed by atoms with Crippen LogP contribution in [0.1, 0.15) is 52.4 Å². The number of hydrogen-bond donors (Lipinski definition) is 1. The maximum atomic E-state index is 12.1. The van der Waals surface area contributed by atoms with Gasteiger partial charge in [0.1, 0.15) is 11.1 Å². The van der Waals surface area contributed by atoms with E-state index in [1.807, 2.05) is 36.6 Å². The Kier molecular flexibility index (Phi) is 7.20. The molecule has 0 amide bonds. The third kappa shape index (κ3) is 4.88. The molecule has 1 aromatic carbocycles. The van der Waals surface area contributed by atoms with Gasteiger partial charge in [-0.05, 0) is 63.0 Å². The molecule has 1 spiro atoms. The zero-order valence-electron chi connectivity index (χ0n) is 19.9. The van der Waals surface area contributed by atoms with Gasteiger partial charge in [0.15, 0.2) is 5.65 Å². The van der Waals surface area contributed by atoms with Gasteiger partial charge >= 0.3 is 0 Å². The Morgan fingerprint density at radius 1 is 1.23 bits per heavy atom. The first-order valence-electron chi connectivity index (χ1n) is 11.9. The second kappa shape index (κ2) is 9.91. The first-order valence-corrected chi connectivity index (χ1v) is 14.7. The summed E-state index contributed by atoms with van der Waals surface area (Å²) < 4.78 is 13.7. The topological polar surface area (TPSA) is 95.4 Å². The number of fused-ring (bicyclic) bond motifs is 1. The molecule has 1 saturated carbocycles. The quantitative estimate of drug-likeness (QED) is 0.388. The van der Waals surface area contributed by atoms with Crippen molar-refractivity contribution in [2.45, 2.75) is 66.9 Å². The van der Waals surface area contributed by atoms with Gasteiger partial charge in [-0.15, -0.1) is 10.2 Å². The van der Waals surface area contributed by atoms with E-state index in [9.17, 15) is 4.55 Å². The van der Waals surface area contributed by atoms with Gasteiger partial charge in [-0.3, -0.25) is 0 Å². The van der Waals surface area contributed by atoms with Crippen molar-refractivity contribution in [2.75, 3.05) is 18.0 Å². The van der Waals surface area contributed by atoms with Gasteiger partial charge in [-0.2, -0.15) is 5.14 Å². The average molecular weight is 554 g/mol. The molecule has 2 atom stereocenters. The first kappa shape index (κ1) is 25.4. The second-order valence-corrected chi connectivity index (χ2v) is 13.9. The fourth-order valence-corrected chi connectivity index (χ4v) is 7.54. The van der Waals surface area contributed by atoms with Crippen LogP contribution in [0.2, 0.25) is 10.0 Å². The van der Waals surface area contributed by atoms with Crippen molar-refractivity contribution in [3.63, 3.8) is 0 Å². The van der Waals surface area contributed by atoms with Crippen molar-refractivity contribution in [3.8, 4) is 0 Å². The maximum Gasteiger partial charge on any atom is 0.212 e. The Bertz CT molecular complexity index is 1210. The van der Waals surface area contributed by atoms with Crippen LogP contribution < -0.4 is 10.0 Å². The van der Waals surface area contributed by atoms with Crippen LogP contribution in [0.15, 0.2) is 40.5 Å². The average Bonchev–Trinajstić information content (AvgIpc) is 3.46. The second-order valence-electron chi connectivity index (χ2n) is 10.3. The lowest BCUT2D eigenvalue weighted by molar-refractivity contribution is 0.133. The number of halogens is 2. The molecule has 0 bridgehead atoms. The molecule has 1 aliphatic heterocycles. The van der Waals surface area contributed by atoms with Crippen molar-refractivity contribution < 1.29 is 4.55 Å². The summed E-state index contributed by atoms with van der Waals surface area (Å²) in [7, 11) is 0. The number of hydrogen-bond acceptors (Lipinski definition) is 7. The van der Waals surface area contributed by atoms with Crippen LogP contribution in [0, 0.1) is 11.3 Å². The van der Waals surface area contributed by atoms with E-state index in [0.29, 0.717) is 21.4 Å². The molecule has 5 rings (SSSR count). The highest BCUT2D eigenvalue weighted by Crippen LogP contribution is 2.54. The molecule has 2 N–H and O–H groups in total. The zero-order valence-corrected chi connectivity index (χ0v) is 23.1. The lowest BCUT2D eigenvalue weighted by Gasteiger charge is -2.45. The molecule has 1 unspecified atom stereocenters. The summed E-state index contributed by atoms with van der Waals surface area (Å²) >= 11 is 12.8. The highest BCUT2D eigenvalue weighted by atomic mass is 35.5.